The van der Waals surface area contributed by atoms with E-state index in [4.69, 9.17) is 0 Å². The number of anilines is 1. The molecular weight excluding hydrogens is 272 g/mol. The van der Waals surface area contributed by atoms with E-state index in [2.05, 4.69) is 9.71 Å². The smallest absolute Gasteiger partial charge is 0.0730 e. The Morgan fingerprint density at radius 1 is 0.950 bits per heavy atom. The fourth-order valence-electron chi connectivity index (χ4n) is 2.10. The lowest BCUT2D eigenvalue weighted by Crippen LogP contribution is -2.03. The van der Waals surface area contributed by atoms with Crippen LogP contribution in [0.4, 0.5) is 5.69 Å². The minimum Gasteiger partial charge on any atom is -0.755 e. The number of pyridine rings is 1. The van der Waals surface area contributed by atoms with E-state index in [0.29, 0.717) is 5.69 Å². The highest BCUT2D eigenvalue weighted by molar-refractivity contribution is 7.80. The largest absolute Gasteiger partial charge is 0.755 e. The van der Waals surface area contributed by atoms with Crippen LogP contribution >= 0.6 is 0 Å². The number of nitrogens with zero attached hydrogens (tertiary/aromatic N) is 1. The van der Waals surface area contributed by atoms with Gasteiger partial charge in [-0.1, -0.05) is 42.5 Å². The summed E-state index contributed by atoms with van der Waals surface area (Å²) in [5, 5.41) is 1.05. The molecule has 20 heavy (non-hydrogen) atoms. The van der Waals surface area contributed by atoms with E-state index in [9.17, 15) is 8.76 Å². The standard InChI is InChI=1S/C15H12N2O2S/c18-20(19)17-15-8-4-2-6-12(15)14-10-9-11-5-1-3-7-13(11)16-14/h1-10,17H,(H,18,19)/p-1. The molecule has 0 amide bonds. The summed E-state index contributed by atoms with van der Waals surface area (Å²) in [5.41, 5.74) is 2.88. The van der Waals surface area contributed by atoms with Crippen molar-refractivity contribution in [1.82, 2.24) is 4.98 Å². The van der Waals surface area contributed by atoms with Gasteiger partial charge in [0.15, 0.2) is 0 Å². The summed E-state index contributed by atoms with van der Waals surface area (Å²) in [6, 6.07) is 18.8. The predicted octanol–water partition coefficient (Wildman–Crippen LogP) is 3.11. The average Bonchev–Trinajstić information content (AvgIpc) is 2.47. The number of rotatable bonds is 3. The van der Waals surface area contributed by atoms with Crippen molar-refractivity contribution in [3.63, 3.8) is 0 Å². The molecule has 0 aliphatic carbocycles. The van der Waals surface area contributed by atoms with Crippen molar-refractivity contribution in [3.8, 4) is 11.3 Å². The minimum absolute atomic E-state index is 0.517. The van der Waals surface area contributed by atoms with Crippen molar-refractivity contribution in [2.45, 2.75) is 0 Å². The van der Waals surface area contributed by atoms with E-state index in [0.717, 1.165) is 22.2 Å². The first kappa shape index (κ1) is 12.8. The normalized spacial score (nSPS) is 12.2. The van der Waals surface area contributed by atoms with Crippen LogP contribution in [0, 0.1) is 0 Å². The third kappa shape index (κ3) is 2.54. The van der Waals surface area contributed by atoms with E-state index in [1.54, 1.807) is 12.1 Å². The fourth-order valence-corrected chi connectivity index (χ4v) is 2.46. The summed E-state index contributed by atoms with van der Waals surface area (Å²) in [4.78, 5) is 4.57. The number of benzene rings is 2. The van der Waals surface area contributed by atoms with Crippen LogP contribution in [0.25, 0.3) is 22.2 Å². The molecule has 100 valence electrons. The minimum atomic E-state index is -2.36. The molecule has 3 rings (SSSR count). The summed E-state index contributed by atoms with van der Waals surface area (Å²) in [7, 11) is 0. The van der Waals surface area contributed by atoms with Crippen LogP contribution in [0.1, 0.15) is 0 Å². The van der Waals surface area contributed by atoms with Crippen LogP contribution in [-0.4, -0.2) is 13.7 Å². The fraction of sp³-hybridized carbons (Fsp3) is 0. The maximum Gasteiger partial charge on any atom is 0.0730 e. The molecule has 1 aromatic heterocycles. The number of hydrogen-bond acceptors (Lipinski definition) is 3. The molecule has 1 N–H and O–H groups in total. The first-order valence-electron chi connectivity index (χ1n) is 6.05. The lowest BCUT2D eigenvalue weighted by Gasteiger charge is -2.13. The number of nitrogens with one attached hydrogen (secondary N) is 1. The third-order valence-corrected chi connectivity index (χ3v) is 3.38. The molecule has 4 nitrogen and oxygen atoms in total. The Kier molecular flexibility index (Phi) is 3.45. The van der Waals surface area contributed by atoms with Gasteiger partial charge < -0.3 is 9.27 Å². The molecule has 5 heteroatoms. The first-order chi connectivity index (χ1) is 9.74. The molecule has 0 radical (unpaired) electrons. The summed E-state index contributed by atoms with van der Waals surface area (Å²) in [6.45, 7) is 0. The van der Waals surface area contributed by atoms with Crippen molar-refractivity contribution in [2.24, 2.45) is 0 Å². The number of aromatic nitrogens is 1. The molecule has 0 aliphatic rings. The maximum atomic E-state index is 10.8. The van der Waals surface area contributed by atoms with Crippen LogP contribution in [0.5, 0.6) is 0 Å². The Labute approximate surface area is 118 Å². The molecule has 0 aliphatic heterocycles. The summed E-state index contributed by atoms with van der Waals surface area (Å²) < 4.78 is 24.1. The van der Waals surface area contributed by atoms with Gasteiger partial charge in [-0.2, -0.15) is 0 Å². The highest BCUT2D eigenvalue weighted by atomic mass is 32.2. The van der Waals surface area contributed by atoms with Gasteiger partial charge in [-0.3, -0.25) is 4.21 Å². The molecular formula is C15H11N2O2S-. The van der Waals surface area contributed by atoms with Crippen molar-refractivity contribution < 1.29 is 8.76 Å². The van der Waals surface area contributed by atoms with Gasteiger partial charge >= 0.3 is 0 Å². The van der Waals surface area contributed by atoms with Crippen molar-refractivity contribution >= 4 is 27.9 Å². The van der Waals surface area contributed by atoms with Gasteiger partial charge in [0, 0.05) is 22.2 Å². The summed E-state index contributed by atoms with van der Waals surface area (Å²) in [6.07, 6.45) is 0. The first-order valence-corrected chi connectivity index (χ1v) is 7.12. The van der Waals surface area contributed by atoms with Gasteiger partial charge in [0.05, 0.1) is 16.9 Å². The number of hydrogen-bond donors (Lipinski definition) is 1. The number of fused-ring (bicyclic) bond motifs is 1. The van der Waals surface area contributed by atoms with Crippen LogP contribution in [0.15, 0.2) is 60.7 Å². The predicted molar refractivity (Wildman–Crippen MR) is 79.7 cm³/mol. The Morgan fingerprint density at radius 3 is 2.55 bits per heavy atom. The molecule has 0 spiro atoms. The van der Waals surface area contributed by atoms with Crippen LogP contribution in [0.2, 0.25) is 0 Å². The Balaban J connectivity index is 2.13. The molecule has 1 unspecified atom stereocenters. The molecule has 0 fully saturated rings. The number of para-hydroxylation sites is 2. The Hall–Kier alpha value is -2.24. The monoisotopic (exact) mass is 283 g/mol. The van der Waals surface area contributed by atoms with Crippen LogP contribution in [0.3, 0.4) is 0 Å². The van der Waals surface area contributed by atoms with Gasteiger partial charge in [0.2, 0.25) is 0 Å². The van der Waals surface area contributed by atoms with Crippen molar-refractivity contribution in [2.75, 3.05) is 4.72 Å². The summed E-state index contributed by atoms with van der Waals surface area (Å²) in [5.74, 6) is 0. The summed E-state index contributed by atoms with van der Waals surface area (Å²) >= 11 is -2.36. The molecule has 2 aromatic carbocycles. The SMILES string of the molecule is O=S([O-])Nc1ccccc1-c1ccc2ccccc2n1. The van der Waals surface area contributed by atoms with Gasteiger partial charge in [-0.25, -0.2) is 4.98 Å². The molecule has 1 heterocycles. The second-order valence-corrected chi connectivity index (χ2v) is 4.95. The maximum absolute atomic E-state index is 10.8. The highest BCUT2D eigenvalue weighted by Crippen LogP contribution is 2.28. The molecule has 0 saturated heterocycles. The molecule has 0 bridgehead atoms. The van der Waals surface area contributed by atoms with Crippen molar-refractivity contribution in [3.05, 3.63) is 60.7 Å². The van der Waals surface area contributed by atoms with Crippen molar-refractivity contribution in [1.29, 1.82) is 0 Å². The van der Waals surface area contributed by atoms with Crippen LogP contribution in [-0.2, 0) is 11.3 Å². The lowest BCUT2D eigenvalue weighted by molar-refractivity contribution is 0.542. The van der Waals surface area contributed by atoms with E-state index >= 15 is 0 Å². The molecule has 1 atom stereocenters. The zero-order chi connectivity index (χ0) is 13.9. The zero-order valence-corrected chi connectivity index (χ0v) is 11.3. The Bertz CT molecular complexity index is 789. The zero-order valence-electron chi connectivity index (χ0n) is 10.4. The third-order valence-electron chi connectivity index (χ3n) is 2.99. The lowest BCUT2D eigenvalue weighted by atomic mass is 10.1. The van der Waals surface area contributed by atoms with Gasteiger partial charge in [0.1, 0.15) is 0 Å². The van der Waals surface area contributed by atoms with Gasteiger partial charge in [-0.05, 0) is 18.2 Å². The second kappa shape index (κ2) is 5.40. The Morgan fingerprint density at radius 2 is 1.70 bits per heavy atom. The van der Waals surface area contributed by atoms with E-state index in [1.165, 1.54) is 0 Å². The highest BCUT2D eigenvalue weighted by Gasteiger charge is 2.06. The van der Waals surface area contributed by atoms with E-state index in [-0.39, 0.29) is 0 Å². The van der Waals surface area contributed by atoms with Crippen LogP contribution < -0.4 is 4.72 Å². The quantitative estimate of drug-likeness (QED) is 0.751. The van der Waals surface area contributed by atoms with E-state index < -0.39 is 11.3 Å². The second-order valence-electron chi connectivity index (χ2n) is 4.27. The van der Waals surface area contributed by atoms with Gasteiger partial charge in [-0.15, -0.1) is 0 Å². The topological polar surface area (TPSA) is 65.0 Å². The molecule has 0 saturated carbocycles. The van der Waals surface area contributed by atoms with E-state index in [1.807, 2.05) is 48.5 Å². The van der Waals surface area contributed by atoms with Gasteiger partial charge in [0.25, 0.3) is 0 Å². The average molecular weight is 283 g/mol. The molecule has 3 aromatic rings.